The van der Waals surface area contributed by atoms with Crippen molar-refractivity contribution in [1.82, 2.24) is 10.2 Å². The molecular weight excluding hydrogens is 355 g/mol. The molecule has 1 aromatic carbocycles. The molecule has 1 fully saturated rings. The fourth-order valence-electron chi connectivity index (χ4n) is 2.97. The number of likely N-dealkylation sites (N-methyl/N-ethyl adjacent to an activating group) is 1. The van der Waals surface area contributed by atoms with Crippen molar-refractivity contribution in [3.63, 3.8) is 0 Å². The number of thioether (sulfide) groups is 1. The predicted molar refractivity (Wildman–Crippen MR) is 97.4 cm³/mol. The Morgan fingerprint density at radius 2 is 1.79 bits per heavy atom. The van der Waals surface area contributed by atoms with Crippen LogP contribution in [0.25, 0.3) is 0 Å². The quantitative estimate of drug-likeness (QED) is 0.597. The molecule has 1 aromatic rings. The van der Waals surface area contributed by atoms with Gasteiger partial charge in [-0.2, -0.15) is 13.2 Å². The number of hydrogen-bond donors (Lipinski definition) is 2. The molecule has 0 amide bonds. The highest BCUT2D eigenvalue weighted by atomic mass is 32.2. The number of nitrogens with one attached hydrogen (secondary N) is 2. The summed E-state index contributed by atoms with van der Waals surface area (Å²) in [4.78, 5) is 2.37. The van der Waals surface area contributed by atoms with Crippen LogP contribution in [0.15, 0.2) is 29.2 Å². The summed E-state index contributed by atoms with van der Waals surface area (Å²) in [6.45, 7) is 0. The fourth-order valence-corrected chi connectivity index (χ4v) is 3.78. The molecule has 0 aliphatic heterocycles. The van der Waals surface area contributed by atoms with Crippen molar-refractivity contribution in [2.45, 2.75) is 48.2 Å². The van der Waals surface area contributed by atoms with Crippen LogP contribution < -0.4 is 10.6 Å². The summed E-state index contributed by atoms with van der Waals surface area (Å²) >= 11 is 5.23. The molecule has 0 heterocycles. The lowest BCUT2D eigenvalue weighted by Crippen LogP contribution is -2.52. The van der Waals surface area contributed by atoms with Gasteiger partial charge in [-0.3, -0.25) is 0 Å². The SMILES string of the molecule is CN(C)[C@@H]1CCCC[C@H]1NC(=S)Nc1ccc(SC(F)(F)F)cc1. The Morgan fingerprint density at radius 3 is 2.38 bits per heavy atom. The zero-order valence-corrected chi connectivity index (χ0v) is 15.3. The van der Waals surface area contributed by atoms with E-state index in [0.29, 0.717) is 16.8 Å². The van der Waals surface area contributed by atoms with Gasteiger partial charge in [0, 0.05) is 22.7 Å². The first-order valence-electron chi connectivity index (χ1n) is 7.84. The molecule has 8 heteroatoms. The molecule has 2 atom stereocenters. The fraction of sp³-hybridized carbons (Fsp3) is 0.562. The lowest BCUT2D eigenvalue weighted by Gasteiger charge is -2.37. The second kappa shape index (κ2) is 8.40. The first kappa shape index (κ1) is 19.3. The van der Waals surface area contributed by atoms with Crippen LogP contribution in [0.4, 0.5) is 18.9 Å². The number of benzene rings is 1. The van der Waals surface area contributed by atoms with Gasteiger partial charge in [0.1, 0.15) is 0 Å². The zero-order valence-electron chi connectivity index (χ0n) is 13.7. The first-order valence-corrected chi connectivity index (χ1v) is 9.07. The summed E-state index contributed by atoms with van der Waals surface area (Å²) in [7, 11) is 4.14. The molecule has 0 radical (unpaired) electrons. The summed E-state index contributed by atoms with van der Waals surface area (Å²) in [5.41, 5.74) is -3.59. The Labute approximate surface area is 150 Å². The smallest absolute Gasteiger partial charge is 0.358 e. The molecule has 2 rings (SSSR count). The van der Waals surface area contributed by atoms with Gasteiger partial charge in [-0.15, -0.1) is 0 Å². The number of nitrogens with zero attached hydrogens (tertiary/aromatic N) is 1. The lowest BCUT2D eigenvalue weighted by atomic mass is 9.90. The van der Waals surface area contributed by atoms with Gasteiger partial charge in [0.15, 0.2) is 5.11 Å². The van der Waals surface area contributed by atoms with Crippen LogP contribution in [-0.4, -0.2) is 41.7 Å². The van der Waals surface area contributed by atoms with Crippen LogP contribution in [0.2, 0.25) is 0 Å². The van der Waals surface area contributed by atoms with Gasteiger partial charge >= 0.3 is 5.51 Å². The minimum absolute atomic E-state index is 0.121. The van der Waals surface area contributed by atoms with E-state index in [0.717, 1.165) is 12.8 Å². The predicted octanol–water partition coefficient (Wildman–Crippen LogP) is 4.46. The Balaban J connectivity index is 1.89. The number of anilines is 1. The highest BCUT2D eigenvalue weighted by molar-refractivity contribution is 8.00. The molecule has 2 N–H and O–H groups in total. The highest BCUT2D eigenvalue weighted by Gasteiger charge is 2.29. The van der Waals surface area contributed by atoms with E-state index in [4.69, 9.17) is 12.2 Å². The van der Waals surface area contributed by atoms with E-state index >= 15 is 0 Å². The molecular formula is C16H22F3N3S2. The maximum atomic E-state index is 12.3. The summed E-state index contributed by atoms with van der Waals surface area (Å²) in [6, 6.07) is 6.80. The molecule has 1 aliphatic rings. The Hall–Kier alpha value is -0.990. The van der Waals surface area contributed by atoms with Gasteiger partial charge < -0.3 is 15.5 Å². The normalized spacial score (nSPS) is 21.6. The van der Waals surface area contributed by atoms with Gasteiger partial charge in [-0.05, 0) is 75.2 Å². The molecule has 134 valence electrons. The number of halogens is 3. The summed E-state index contributed by atoms with van der Waals surface area (Å²) < 4.78 is 37.0. The van der Waals surface area contributed by atoms with Crippen molar-refractivity contribution in [2.24, 2.45) is 0 Å². The third-order valence-electron chi connectivity index (χ3n) is 4.06. The van der Waals surface area contributed by atoms with E-state index in [-0.39, 0.29) is 22.7 Å². The standard InChI is InChI=1S/C16H22F3N3S2/c1-22(2)14-6-4-3-5-13(14)21-15(23)20-11-7-9-12(10-8-11)24-16(17,18)19/h7-10,13-14H,3-6H2,1-2H3,(H2,20,21,23)/t13-,14-/m1/s1. The molecule has 1 aliphatic carbocycles. The van der Waals surface area contributed by atoms with Gasteiger partial charge in [-0.25, -0.2) is 0 Å². The largest absolute Gasteiger partial charge is 0.446 e. The van der Waals surface area contributed by atoms with Crippen molar-refractivity contribution in [3.05, 3.63) is 24.3 Å². The van der Waals surface area contributed by atoms with Gasteiger partial charge in [0.05, 0.1) is 0 Å². The Kier molecular flexibility index (Phi) is 6.77. The monoisotopic (exact) mass is 377 g/mol. The second-order valence-electron chi connectivity index (χ2n) is 6.09. The molecule has 0 unspecified atom stereocenters. The topological polar surface area (TPSA) is 27.3 Å². The maximum Gasteiger partial charge on any atom is 0.446 e. The summed E-state index contributed by atoms with van der Waals surface area (Å²) in [6.07, 6.45) is 4.59. The van der Waals surface area contributed by atoms with Crippen LogP contribution in [0.3, 0.4) is 0 Å². The number of alkyl halides is 3. The molecule has 24 heavy (non-hydrogen) atoms. The Bertz CT molecular complexity index is 546. The van der Waals surface area contributed by atoms with E-state index < -0.39 is 5.51 Å². The molecule has 0 aromatic heterocycles. The second-order valence-corrected chi connectivity index (χ2v) is 7.64. The van der Waals surface area contributed by atoms with E-state index in [1.807, 2.05) is 0 Å². The van der Waals surface area contributed by atoms with Crippen molar-refractivity contribution in [2.75, 3.05) is 19.4 Å². The third-order valence-corrected chi connectivity index (χ3v) is 5.01. The molecule has 3 nitrogen and oxygen atoms in total. The van der Waals surface area contributed by atoms with Crippen molar-refractivity contribution in [1.29, 1.82) is 0 Å². The van der Waals surface area contributed by atoms with Crippen LogP contribution in [0.5, 0.6) is 0 Å². The third kappa shape index (κ3) is 6.14. The molecule has 0 saturated heterocycles. The van der Waals surface area contributed by atoms with E-state index in [2.05, 4.69) is 29.6 Å². The van der Waals surface area contributed by atoms with Crippen molar-refractivity contribution in [3.8, 4) is 0 Å². The molecule has 0 bridgehead atoms. The number of rotatable bonds is 4. The van der Waals surface area contributed by atoms with Crippen molar-refractivity contribution < 1.29 is 13.2 Å². The van der Waals surface area contributed by atoms with Crippen LogP contribution in [0, 0.1) is 0 Å². The number of hydrogen-bond acceptors (Lipinski definition) is 3. The average molecular weight is 378 g/mol. The highest BCUT2D eigenvalue weighted by Crippen LogP contribution is 2.37. The lowest BCUT2D eigenvalue weighted by molar-refractivity contribution is -0.0328. The molecule has 1 saturated carbocycles. The maximum absolute atomic E-state index is 12.3. The molecule has 0 spiro atoms. The van der Waals surface area contributed by atoms with Gasteiger partial charge in [0.25, 0.3) is 0 Å². The van der Waals surface area contributed by atoms with E-state index in [1.165, 1.54) is 25.0 Å². The zero-order chi connectivity index (χ0) is 17.7. The van der Waals surface area contributed by atoms with Gasteiger partial charge in [0.2, 0.25) is 0 Å². The average Bonchev–Trinajstić information content (AvgIpc) is 2.48. The first-order chi connectivity index (χ1) is 11.2. The van der Waals surface area contributed by atoms with Crippen LogP contribution in [-0.2, 0) is 0 Å². The van der Waals surface area contributed by atoms with E-state index in [9.17, 15) is 13.2 Å². The van der Waals surface area contributed by atoms with Crippen LogP contribution >= 0.6 is 24.0 Å². The van der Waals surface area contributed by atoms with Crippen molar-refractivity contribution >= 4 is 34.8 Å². The summed E-state index contributed by atoms with van der Waals surface area (Å²) in [5, 5.41) is 6.90. The Morgan fingerprint density at radius 1 is 1.17 bits per heavy atom. The van der Waals surface area contributed by atoms with Crippen LogP contribution in [0.1, 0.15) is 25.7 Å². The number of thiocarbonyl (C=S) groups is 1. The minimum Gasteiger partial charge on any atom is -0.358 e. The van der Waals surface area contributed by atoms with E-state index in [1.54, 1.807) is 12.1 Å². The van der Waals surface area contributed by atoms with Gasteiger partial charge in [-0.1, -0.05) is 12.8 Å². The minimum atomic E-state index is -4.27. The summed E-state index contributed by atoms with van der Waals surface area (Å²) in [5.74, 6) is 0.